The lowest BCUT2D eigenvalue weighted by atomic mass is 10.1. The quantitative estimate of drug-likeness (QED) is 0.575. The van der Waals surface area contributed by atoms with Crippen LogP contribution in [0.4, 0.5) is 0 Å². The van der Waals surface area contributed by atoms with Gasteiger partial charge < -0.3 is 15.0 Å². The fourth-order valence-electron chi connectivity index (χ4n) is 2.59. The van der Waals surface area contributed by atoms with Crippen molar-refractivity contribution in [2.75, 3.05) is 7.11 Å². The number of carbonyl (C=O) groups excluding carboxylic acids is 1. The van der Waals surface area contributed by atoms with E-state index in [-0.39, 0.29) is 12.5 Å². The first-order valence-corrected chi connectivity index (χ1v) is 8.02. The lowest BCUT2D eigenvalue weighted by molar-refractivity contribution is 0.0945. The number of hydrogen-bond acceptors (Lipinski definition) is 5. The monoisotopic (exact) mass is 348 g/mol. The van der Waals surface area contributed by atoms with Crippen molar-refractivity contribution in [3.8, 4) is 17.0 Å². The number of methoxy groups -OCH3 is 1. The first kappa shape index (κ1) is 15.8. The average Bonchev–Trinajstić information content (AvgIpc) is 3.36. The summed E-state index contributed by atoms with van der Waals surface area (Å²) >= 11 is 0. The first-order valence-electron chi connectivity index (χ1n) is 8.02. The molecule has 3 aromatic heterocycles. The largest absolute Gasteiger partial charge is 0.497 e. The van der Waals surface area contributed by atoms with Gasteiger partial charge in [0.05, 0.1) is 19.3 Å². The minimum Gasteiger partial charge on any atom is -0.497 e. The molecule has 3 heterocycles. The van der Waals surface area contributed by atoms with Crippen molar-refractivity contribution in [1.29, 1.82) is 0 Å². The number of benzene rings is 1. The van der Waals surface area contributed by atoms with Gasteiger partial charge in [-0.2, -0.15) is 9.61 Å². The highest BCUT2D eigenvalue weighted by atomic mass is 16.5. The molecule has 0 aliphatic carbocycles. The molecular weight excluding hydrogens is 332 g/mol. The van der Waals surface area contributed by atoms with Crippen molar-refractivity contribution >= 4 is 11.6 Å². The predicted molar refractivity (Wildman–Crippen MR) is 94.7 cm³/mol. The van der Waals surface area contributed by atoms with E-state index >= 15 is 0 Å². The van der Waals surface area contributed by atoms with Crippen LogP contribution in [0.3, 0.4) is 0 Å². The Balaban J connectivity index is 1.59. The minimum atomic E-state index is -0.210. The third kappa shape index (κ3) is 3.00. The molecule has 4 rings (SSSR count). The van der Waals surface area contributed by atoms with E-state index in [1.165, 1.54) is 0 Å². The third-order valence-electron chi connectivity index (χ3n) is 3.96. The molecule has 0 atom stereocenters. The Hall–Kier alpha value is -3.68. The zero-order valence-electron chi connectivity index (χ0n) is 14.0. The predicted octanol–water partition coefficient (Wildman–Crippen LogP) is 2.06. The molecule has 2 N–H and O–H groups in total. The molecule has 0 fully saturated rings. The lowest BCUT2D eigenvalue weighted by Gasteiger charge is -2.05. The smallest absolute Gasteiger partial charge is 0.268 e. The Labute approximate surface area is 148 Å². The molecule has 8 nitrogen and oxygen atoms in total. The van der Waals surface area contributed by atoms with Gasteiger partial charge in [0.1, 0.15) is 11.4 Å². The Morgan fingerprint density at radius 1 is 1.15 bits per heavy atom. The standard InChI is InChI=1S/C18H16N6O2/c1-26-13-6-4-12(5-7-13)14-8-9-16-21-22-17(24(16)23-14)11-20-18(25)15-3-2-10-19-15/h2-10,19H,11H2,1H3,(H,20,25). The van der Waals surface area contributed by atoms with Crippen LogP contribution in [0.2, 0.25) is 0 Å². The van der Waals surface area contributed by atoms with Crippen molar-refractivity contribution in [3.63, 3.8) is 0 Å². The second-order valence-corrected chi connectivity index (χ2v) is 5.60. The number of hydrogen-bond donors (Lipinski definition) is 2. The summed E-state index contributed by atoms with van der Waals surface area (Å²) in [7, 11) is 1.63. The third-order valence-corrected chi connectivity index (χ3v) is 3.96. The molecule has 0 aliphatic heterocycles. The molecule has 0 unspecified atom stereocenters. The lowest BCUT2D eigenvalue weighted by Crippen LogP contribution is -2.24. The summed E-state index contributed by atoms with van der Waals surface area (Å²) in [6, 6.07) is 14.8. The molecule has 8 heteroatoms. The molecule has 0 saturated heterocycles. The molecule has 0 aliphatic rings. The molecule has 1 amide bonds. The van der Waals surface area contributed by atoms with Crippen LogP contribution >= 0.6 is 0 Å². The summed E-state index contributed by atoms with van der Waals surface area (Å²) in [6.45, 7) is 0.220. The van der Waals surface area contributed by atoms with Gasteiger partial charge in [0.25, 0.3) is 5.91 Å². The average molecular weight is 348 g/mol. The molecule has 0 radical (unpaired) electrons. The van der Waals surface area contributed by atoms with E-state index < -0.39 is 0 Å². The summed E-state index contributed by atoms with van der Waals surface area (Å²) in [4.78, 5) is 14.9. The van der Waals surface area contributed by atoms with Gasteiger partial charge >= 0.3 is 0 Å². The van der Waals surface area contributed by atoms with Crippen LogP contribution in [0.1, 0.15) is 16.3 Å². The number of aromatic nitrogens is 5. The summed E-state index contributed by atoms with van der Waals surface area (Å²) in [5, 5.41) is 15.6. The second kappa shape index (κ2) is 6.67. The summed E-state index contributed by atoms with van der Waals surface area (Å²) in [5.74, 6) is 1.13. The highest BCUT2D eigenvalue weighted by molar-refractivity contribution is 5.92. The Bertz CT molecular complexity index is 1040. The van der Waals surface area contributed by atoms with Crippen LogP contribution in [0.25, 0.3) is 16.9 Å². The van der Waals surface area contributed by atoms with E-state index in [4.69, 9.17) is 4.74 Å². The van der Waals surface area contributed by atoms with E-state index in [1.54, 1.807) is 30.0 Å². The molecule has 26 heavy (non-hydrogen) atoms. The maximum atomic E-state index is 12.1. The normalized spacial score (nSPS) is 10.8. The van der Waals surface area contributed by atoms with Crippen LogP contribution in [0.15, 0.2) is 54.7 Å². The number of carbonyl (C=O) groups is 1. The van der Waals surface area contributed by atoms with Gasteiger partial charge in [-0.05, 0) is 48.5 Å². The maximum Gasteiger partial charge on any atom is 0.268 e. The topological polar surface area (TPSA) is 97.2 Å². The van der Waals surface area contributed by atoms with Gasteiger partial charge in [-0.1, -0.05) is 0 Å². The van der Waals surface area contributed by atoms with Crippen molar-refractivity contribution < 1.29 is 9.53 Å². The van der Waals surface area contributed by atoms with Crippen molar-refractivity contribution in [2.24, 2.45) is 0 Å². The fraction of sp³-hybridized carbons (Fsp3) is 0.111. The van der Waals surface area contributed by atoms with E-state index in [0.717, 1.165) is 17.0 Å². The zero-order valence-corrected chi connectivity index (χ0v) is 14.0. The maximum absolute atomic E-state index is 12.1. The molecular formula is C18H16N6O2. The number of rotatable bonds is 5. The van der Waals surface area contributed by atoms with Gasteiger partial charge in [0.2, 0.25) is 0 Å². The van der Waals surface area contributed by atoms with E-state index in [9.17, 15) is 4.79 Å². The highest BCUT2D eigenvalue weighted by Crippen LogP contribution is 2.20. The van der Waals surface area contributed by atoms with Crippen LogP contribution in [0, 0.1) is 0 Å². The number of nitrogens with zero attached hydrogens (tertiary/aromatic N) is 4. The number of H-pyrrole nitrogens is 1. The van der Waals surface area contributed by atoms with Gasteiger partial charge in [0.15, 0.2) is 11.5 Å². The van der Waals surface area contributed by atoms with Crippen molar-refractivity contribution in [1.82, 2.24) is 30.1 Å². The number of fused-ring (bicyclic) bond motifs is 1. The van der Waals surface area contributed by atoms with E-state index in [1.807, 2.05) is 36.4 Å². The molecule has 0 spiro atoms. The highest BCUT2D eigenvalue weighted by Gasteiger charge is 2.11. The SMILES string of the molecule is COc1ccc(-c2ccc3nnc(CNC(=O)c4ccc[nH]4)n3n2)cc1. The van der Waals surface area contributed by atoms with Gasteiger partial charge in [0, 0.05) is 11.8 Å². The molecule has 0 saturated carbocycles. The van der Waals surface area contributed by atoms with Gasteiger partial charge in [-0.3, -0.25) is 4.79 Å². The number of amides is 1. The molecule has 0 bridgehead atoms. The second-order valence-electron chi connectivity index (χ2n) is 5.60. The van der Waals surface area contributed by atoms with Gasteiger partial charge in [-0.25, -0.2) is 0 Å². The van der Waals surface area contributed by atoms with Crippen LogP contribution < -0.4 is 10.1 Å². The van der Waals surface area contributed by atoms with Crippen molar-refractivity contribution in [2.45, 2.75) is 6.54 Å². The van der Waals surface area contributed by atoms with Crippen LogP contribution in [-0.2, 0) is 6.54 Å². The number of nitrogens with one attached hydrogen (secondary N) is 2. The fourth-order valence-corrected chi connectivity index (χ4v) is 2.59. The molecule has 130 valence electrons. The Morgan fingerprint density at radius 2 is 2.00 bits per heavy atom. The summed E-state index contributed by atoms with van der Waals surface area (Å²) in [6.07, 6.45) is 1.70. The summed E-state index contributed by atoms with van der Waals surface area (Å²) in [5.41, 5.74) is 2.83. The van der Waals surface area contributed by atoms with E-state index in [2.05, 4.69) is 25.6 Å². The first-order chi connectivity index (χ1) is 12.7. The number of ether oxygens (including phenoxy) is 1. The minimum absolute atomic E-state index is 0.210. The Morgan fingerprint density at radius 3 is 2.73 bits per heavy atom. The van der Waals surface area contributed by atoms with Crippen LogP contribution in [0.5, 0.6) is 5.75 Å². The van der Waals surface area contributed by atoms with Crippen LogP contribution in [-0.4, -0.2) is 37.8 Å². The van der Waals surface area contributed by atoms with E-state index in [0.29, 0.717) is 17.2 Å². The molecule has 1 aromatic carbocycles. The zero-order chi connectivity index (χ0) is 17.9. The van der Waals surface area contributed by atoms with Gasteiger partial charge in [-0.15, -0.1) is 10.2 Å². The molecule has 4 aromatic rings. The summed E-state index contributed by atoms with van der Waals surface area (Å²) < 4.78 is 6.81. The number of aromatic amines is 1. The van der Waals surface area contributed by atoms with Crippen molar-refractivity contribution in [3.05, 3.63) is 66.2 Å². The Kier molecular flexibility index (Phi) is 4.06.